The van der Waals surface area contributed by atoms with Crippen molar-refractivity contribution < 1.29 is 23.4 Å². The summed E-state index contributed by atoms with van der Waals surface area (Å²) in [6.07, 6.45) is -2.04. The van der Waals surface area contributed by atoms with Crippen molar-refractivity contribution in [1.82, 2.24) is 4.98 Å². The van der Waals surface area contributed by atoms with Gasteiger partial charge in [0.25, 0.3) is 6.43 Å². The van der Waals surface area contributed by atoms with Crippen molar-refractivity contribution in [3.8, 4) is 5.75 Å². The van der Waals surface area contributed by atoms with Gasteiger partial charge in [-0.15, -0.1) is 0 Å². The standard InChI is InChI=1S/C10H11F2NO3/c1-3-16-10(15)8-5(2)7(9(11)12)6(14)4-13-8/h4,9,14H,3H2,1-2H3. The SMILES string of the molecule is CCOC(=O)c1ncc(O)c(C(F)F)c1C. The van der Waals surface area contributed by atoms with Gasteiger partial charge in [-0.3, -0.25) is 0 Å². The fourth-order valence-corrected chi connectivity index (χ4v) is 1.29. The maximum Gasteiger partial charge on any atom is 0.357 e. The van der Waals surface area contributed by atoms with E-state index in [1.54, 1.807) is 6.92 Å². The maximum atomic E-state index is 12.6. The quantitative estimate of drug-likeness (QED) is 0.810. The van der Waals surface area contributed by atoms with Crippen LogP contribution in [0, 0.1) is 6.92 Å². The normalized spacial score (nSPS) is 10.6. The largest absolute Gasteiger partial charge is 0.506 e. The first kappa shape index (κ1) is 12.4. The summed E-state index contributed by atoms with van der Waals surface area (Å²) in [5, 5.41) is 9.20. The van der Waals surface area contributed by atoms with E-state index in [1.165, 1.54) is 6.92 Å². The summed E-state index contributed by atoms with van der Waals surface area (Å²) in [5.41, 5.74) is -0.846. The number of nitrogens with zero attached hydrogens (tertiary/aromatic N) is 1. The molecule has 6 heteroatoms. The summed E-state index contributed by atoms with van der Waals surface area (Å²) < 4.78 is 29.8. The molecule has 0 aliphatic carbocycles. The summed E-state index contributed by atoms with van der Waals surface area (Å²) in [5.74, 6) is -1.40. The van der Waals surface area contributed by atoms with Crippen LogP contribution in [-0.4, -0.2) is 22.7 Å². The number of carbonyl (C=O) groups excluding carboxylic acids is 1. The molecule has 0 unspecified atom stereocenters. The van der Waals surface area contributed by atoms with Gasteiger partial charge in [-0.2, -0.15) is 0 Å². The van der Waals surface area contributed by atoms with E-state index in [2.05, 4.69) is 9.72 Å². The van der Waals surface area contributed by atoms with Crippen LogP contribution in [-0.2, 0) is 4.74 Å². The number of esters is 1. The monoisotopic (exact) mass is 231 g/mol. The molecule has 1 heterocycles. The molecule has 0 aromatic carbocycles. The van der Waals surface area contributed by atoms with Gasteiger partial charge in [-0.1, -0.05) is 0 Å². The first-order chi connectivity index (χ1) is 7.49. The number of halogens is 2. The third-order valence-corrected chi connectivity index (χ3v) is 2.04. The molecule has 0 spiro atoms. The van der Waals surface area contributed by atoms with Gasteiger partial charge in [0.1, 0.15) is 5.75 Å². The molecule has 0 saturated carbocycles. The Hall–Kier alpha value is -1.72. The van der Waals surface area contributed by atoms with Crippen LogP contribution < -0.4 is 0 Å². The summed E-state index contributed by atoms with van der Waals surface area (Å²) >= 11 is 0. The minimum atomic E-state index is -2.86. The molecular weight excluding hydrogens is 220 g/mol. The fourth-order valence-electron chi connectivity index (χ4n) is 1.29. The molecule has 0 bridgehead atoms. The van der Waals surface area contributed by atoms with Crippen molar-refractivity contribution in [3.63, 3.8) is 0 Å². The topological polar surface area (TPSA) is 59.4 Å². The Labute approximate surface area is 90.9 Å². The number of rotatable bonds is 3. The number of carbonyl (C=O) groups is 1. The van der Waals surface area contributed by atoms with E-state index >= 15 is 0 Å². The summed E-state index contributed by atoms with van der Waals surface area (Å²) in [4.78, 5) is 14.9. The van der Waals surface area contributed by atoms with Crippen LogP contribution >= 0.6 is 0 Å². The summed E-state index contributed by atoms with van der Waals surface area (Å²) in [6.45, 7) is 3.02. The number of alkyl halides is 2. The molecule has 0 radical (unpaired) electrons. The zero-order chi connectivity index (χ0) is 12.3. The highest BCUT2D eigenvalue weighted by Crippen LogP contribution is 2.31. The van der Waals surface area contributed by atoms with Crippen LogP contribution in [0.4, 0.5) is 8.78 Å². The highest BCUT2D eigenvalue weighted by molar-refractivity contribution is 5.89. The molecule has 0 aliphatic rings. The van der Waals surface area contributed by atoms with Crippen molar-refractivity contribution in [2.75, 3.05) is 6.61 Å². The lowest BCUT2D eigenvalue weighted by Crippen LogP contribution is -2.11. The smallest absolute Gasteiger partial charge is 0.357 e. The van der Waals surface area contributed by atoms with Crippen LogP contribution in [0.5, 0.6) is 5.75 Å². The average molecular weight is 231 g/mol. The molecule has 16 heavy (non-hydrogen) atoms. The highest BCUT2D eigenvalue weighted by atomic mass is 19.3. The molecular formula is C10H11F2NO3. The molecule has 1 N–H and O–H groups in total. The van der Waals surface area contributed by atoms with E-state index in [4.69, 9.17) is 0 Å². The maximum absolute atomic E-state index is 12.6. The van der Waals surface area contributed by atoms with Crippen LogP contribution in [0.1, 0.15) is 35.0 Å². The molecule has 0 aliphatic heterocycles. The van der Waals surface area contributed by atoms with E-state index in [1.807, 2.05) is 0 Å². The lowest BCUT2D eigenvalue weighted by atomic mass is 10.1. The van der Waals surface area contributed by atoms with Gasteiger partial charge in [0.2, 0.25) is 0 Å². The molecule has 0 amide bonds. The minimum absolute atomic E-state index is 0.0616. The predicted octanol–water partition coefficient (Wildman–Crippen LogP) is 2.21. The molecule has 0 atom stereocenters. The van der Waals surface area contributed by atoms with Gasteiger partial charge in [-0.25, -0.2) is 18.6 Å². The van der Waals surface area contributed by atoms with Crippen LogP contribution in [0.25, 0.3) is 0 Å². The minimum Gasteiger partial charge on any atom is -0.506 e. The molecule has 0 fully saturated rings. The second-order valence-electron chi connectivity index (χ2n) is 3.05. The lowest BCUT2D eigenvalue weighted by Gasteiger charge is -2.10. The van der Waals surface area contributed by atoms with Gasteiger partial charge in [0, 0.05) is 0 Å². The van der Waals surface area contributed by atoms with Crippen molar-refractivity contribution >= 4 is 5.97 Å². The Kier molecular flexibility index (Phi) is 3.76. The van der Waals surface area contributed by atoms with Crippen molar-refractivity contribution in [2.45, 2.75) is 20.3 Å². The van der Waals surface area contributed by atoms with Gasteiger partial charge < -0.3 is 9.84 Å². The average Bonchev–Trinajstić information content (AvgIpc) is 2.17. The van der Waals surface area contributed by atoms with E-state index in [-0.39, 0.29) is 17.9 Å². The lowest BCUT2D eigenvalue weighted by molar-refractivity contribution is 0.0517. The van der Waals surface area contributed by atoms with Gasteiger partial charge in [0.05, 0.1) is 18.4 Å². The number of pyridine rings is 1. The molecule has 1 aromatic rings. The van der Waals surface area contributed by atoms with Gasteiger partial charge in [0.15, 0.2) is 5.69 Å². The van der Waals surface area contributed by atoms with E-state index in [0.29, 0.717) is 0 Å². The highest BCUT2D eigenvalue weighted by Gasteiger charge is 2.22. The first-order valence-electron chi connectivity index (χ1n) is 4.62. The number of hydrogen-bond donors (Lipinski definition) is 1. The number of aromatic nitrogens is 1. The Morgan fingerprint density at radius 1 is 1.62 bits per heavy atom. The predicted molar refractivity (Wildman–Crippen MR) is 51.6 cm³/mol. The van der Waals surface area contributed by atoms with Gasteiger partial charge >= 0.3 is 5.97 Å². The zero-order valence-corrected chi connectivity index (χ0v) is 8.83. The van der Waals surface area contributed by atoms with Crippen molar-refractivity contribution in [1.29, 1.82) is 0 Å². The van der Waals surface area contributed by atoms with Crippen LogP contribution in [0.3, 0.4) is 0 Å². The van der Waals surface area contributed by atoms with Crippen LogP contribution in [0.2, 0.25) is 0 Å². The second-order valence-corrected chi connectivity index (χ2v) is 3.05. The Bertz CT molecular complexity index is 407. The molecule has 1 aromatic heterocycles. The molecule has 1 rings (SSSR count). The summed E-state index contributed by atoms with van der Waals surface area (Å²) in [7, 11) is 0. The second kappa shape index (κ2) is 4.87. The third kappa shape index (κ3) is 2.26. The number of hydrogen-bond acceptors (Lipinski definition) is 4. The van der Waals surface area contributed by atoms with E-state index in [9.17, 15) is 18.7 Å². The van der Waals surface area contributed by atoms with Gasteiger partial charge in [-0.05, 0) is 19.4 Å². The first-order valence-corrected chi connectivity index (χ1v) is 4.62. The Morgan fingerprint density at radius 3 is 2.75 bits per heavy atom. The third-order valence-electron chi connectivity index (χ3n) is 2.04. The number of aromatic hydroxyl groups is 1. The van der Waals surface area contributed by atoms with E-state index in [0.717, 1.165) is 6.20 Å². The van der Waals surface area contributed by atoms with Crippen LogP contribution in [0.15, 0.2) is 6.20 Å². The van der Waals surface area contributed by atoms with Crippen molar-refractivity contribution in [3.05, 3.63) is 23.0 Å². The fraction of sp³-hybridized carbons (Fsp3) is 0.400. The zero-order valence-electron chi connectivity index (χ0n) is 8.83. The Balaban J connectivity index is 3.23. The molecule has 0 saturated heterocycles. The van der Waals surface area contributed by atoms with E-state index < -0.39 is 23.7 Å². The Morgan fingerprint density at radius 2 is 2.25 bits per heavy atom. The number of ether oxygens (including phenoxy) is 1. The molecule has 88 valence electrons. The summed E-state index contributed by atoms with van der Waals surface area (Å²) in [6, 6.07) is 0. The van der Waals surface area contributed by atoms with Crippen molar-refractivity contribution in [2.24, 2.45) is 0 Å². The molecule has 4 nitrogen and oxygen atoms in total.